The number of para-hydroxylation sites is 1. The third kappa shape index (κ3) is 4.72. The first kappa shape index (κ1) is 19.9. The molecule has 0 radical (unpaired) electrons. The molecule has 2 aromatic rings. The van der Waals surface area contributed by atoms with Gasteiger partial charge in [0.2, 0.25) is 0 Å². The number of benzene rings is 1. The smallest absolute Gasteiger partial charge is 0.387 e. The summed E-state index contributed by atoms with van der Waals surface area (Å²) in [6, 6.07) is 10.3. The van der Waals surface area contributed by atoms with Gasteiger partial charge < -0.3 is 5.11 Å². The van der Waals surface area contributed by atoms with Gasteiger partial charge in [-0.1, -0.05) is 24.3 Å². The lowest BCUT2D eigenvalue weighted by Crippen LogP contribution is -2.54. The minimum Gasteiger partial charge on any atom is -0.387 e. The molecule has 0 amide bonds. The van der Waals surface area contributed by atoms with Gasteiger partial charge in [0.15, 0.2) is 0 Å². The highest BCUT2D eigenvalue weighted by Gasteiger charge is 2.42. The van der Waals surface area contributed by atoms with Crippen LogP contribution in [0, 0.1) is 11.8 Å². The summed E-state index contributed by atoms with van der Waals surface area (Å²) >= 11 is 0. The van der Waals surface area contributed by atoms with E-state index in [-0.39, 0.29) is 6.04 Å². The maximum atomic E-state index is 11.0. The Labute approximate surface area is 158 Å². The van der Waals surface area contributed by atoms with Gasteiger partial charge in [-0.25, -0.2) is 0 Å². The maximum Gasteiger partial charge on any atom is 0.394 e. The molecule has 0 aliphatic carbocycles. The van der Waals surface area contributed by atoms with E-state index >= 15 is 0 Å². The molecule has 3 aliphatic heterocycles. The third-order valence-corrected chi connectivity index (χ3v) is 5.52. The summed E-state index contributed by atoms with van der Waals surface area (Å²) in [4.78, 5) is 6.86. The SMILES string of the molecule is C=CC1CN2CCC1CC2C(O)c1ccnc2ccccc12.O=S(=O)(O)O. The van der Waals surface area contributed by atoms with Crippen molar-refractivity contribution in [3.05, 3.63) is 54.7 Å². The lowest BCUT2D eigenvalue weighted by atomic mass is 9.73. The Kier molecular flexibility index (Phi) is 5.92. The van der Waals surface area contributed by atoms with Crippen LogP contribution in [-0.4, -0.2) is 51.6 Å². The molecular formula is C19H24N2O5S. The van der Waals surface area contributed by atoms with Gasteiger partial charge in [-0.3, -0.25) is 19.0 Å². The zero-order chi connectivity index (χ0) is 19.6. The van der Waals surface area contributed by atoms with Crippen LogP contribution in [0.3, 0.4) is 0 Å². The molecule has 5 unspecified atom stereocenters. The van der Waals surface area contributed by atoms with Gasteiger partial charge in [0, 0.05) is 24.2 Å². The number of hydrogen-bond donors (Lipinski definition) is 3. The zero-order valence-corrected chi connectivity index (χ0v) is 15.7. The van der Waals surface area contributed by atoms with E-state index in [1.807, 2.05) is 30.5 Å². The van der Waals surface area contributed by atoms with Crippen LogP contribution in [-0.2, 0) is 10.4 Å². The summed E-state index contributed by atoms with van der Waals surface area (Å²) in [5.74, 6) is 1.27. The van der Waals surface area contributed by atoms with Gasteiger partial charge >= 0.3 is 10.4 Å². The molecule has 0 saturated carbocycles. The van der Waals surface area contributed by atoms with Crippen LogP contribution >= 0.6 is 0 Å². The van der Waals surface area contributed by atoms with Gasteiger partial charge in [0.1, 0.15) is 0 Å². The first-order valence-corrected chi connectivity index (χ1v) is 10.3. The summed E-state index contributed by atoms with van der Waals surface area (Å²) < 4.78 is 31.6. The number of piperidine rings is 3. The fourth-order valence-corrected chi connectivity index (χ4v) is 4.29. The summed E-state index contributed by atoms with van der Waals surface area (Å²) in [5.41, 5.74) is 1.97. The van der Waals surface area contributed by atoms with Crippen molar-refractivity contribution in [1.29, 1.82) is 0 Å². The van der Waals surface area contributed by atoms with E-state index < -0.39 is 16.5 Å². The largest absolute Gasteiger partial charge is 0.394 e. The van der Waals surface area contributed by atoms with E-state index in [1.54, 1.807) is 0 Å². The van der Waals surface area contributed by atoms with Gasteiger partial charge in [0.05, 0.1) is 11.6 Å². The predicted octanol–water partition coefficient (Wildman–Crippen LogP) is 2.51. The van der Waals surface area contributed by atoms with Crippen molar-refractivity contribution in [2.45, 2.75) is 25.0 Å². The number of aliphatic hydroxyl groups is 1. The molecule has 3 aliphatic rings. The van der Waals surface area contributed by atoms with E-state index in [9.17, 15) is 5.11 Å². The average Bonchev–Trinajstić information content (AvgIpc) is 2.66. The molecule has 1 aromatic carbocycles. The van der Waals surface area contributed by atoms with Crippen LogP contribution in [0.25, 0.3) is 10.9 Å². The van der Waals surface area contributed by atoms with E-state index in [2.05, 4.69) is 28.6 Å². The van der Waals surface area contributed by atoms with E-state index in [1.165, 1.54) is 6.42 Å². The number of rotatable bonds is 3. The van der Waals surface area contributed by atoms with Gasteiger partial charge in [0.25, 0.3) is 0 Å². The van der Waals surface area contributed by atoms with Crippen LogP contribution in [0.4, 0.5) is 0 Å². The number of pyridine rings is 1. The normalized spacial score (nSPS) is 28.3. The minimum absolute atomic E-state index is 0.223. The van der Waals surface area contributed by atoms with Crippen molar-refractivity contribution in [1.82, 2.24) is 9.88 Å². The van der Waals surface area contributed by atoms with Gasteiger partial charge in [-0.15, -0.1) is 6.58 Å². The molecule has 146 valence electrons. The highest BCUT2D eigenvalue weighted by Crippen LogP contribution is 2.41. The first-order chi connectivity index (χ1) is 12.8. The fourth-order valence-electron chi connectivity index (χ4n) is 4.29. The highest BCUT2D eigenvalue weighted by atomic mass is 32.3. The summed E-state index contributed by atoms with van der Waals surface area (Å²) in [5, 5.41) is 12.1. The highest BCUT2D eigenvalue weighted by molar-refractivity contribution is 7.79. The third-order valence-electron chi connectivity index (χ3n) is 5.52. The molecule has 3 fully saturated rings. The van der Waals surface area contributed by atoms with Gasteiger partial charge in [-0.05, 0) is 48.9 Å². The quantitative estimate of drug-likeness (QED) is 0.544. The fraction of sp³-hybridized carbons (Fsp3) is 0.421. The molecular weight excluding hydrogens is 368 g/mol. The van der Waals surface area contributed by atoms with Crippen molar-refractivity contribution in [2.75, 3.05) is 13.1 Å². The molecule has 27 heavy (non-hydrogen) atoms. The Bertz CT molecular complexity index is 904. The second kappa shape index (κ2) is 8.04. The molecule has 5 rings (SSSR count). The van der Waals surface area contributed by atoms with Crippen LogP contribution in [0.15, 0.2) is 49.2 Å². The van der Waals surface area contributed by atoms with Crippen LogP contribution < -0.4 is 0 Å². The number of aromatic nitrogens is 1. The summed E-state index contributed by atoms with van der Waals surface area (Å²) in [7, 11) is -4.67. The van der Waals surface area contributed by atoms with E-state index in [4.69, 9.17) is 17.5 Å². The Morgan fingerprint density at radius 1 is 1.26 bits per heavy atom. The average molecular weight is 392 g/mol. The van der Waals surface area contributed by atoms with Crippen LogP contribution in [0.1, 0.15) is 24.5 Å². The summed E-state index contributed by atoms with van der Waals surface area (Å²) in [6.45, 7) is 6.11. The molecule has 0 spiro atoms. The Morgan fingerprint density at radius 3 is 2.59 bits per heavy atom. The standard InChI is InChI=1S/C19H22N2O.H2O4S/c1-2-13-12-21-10-8-14(13)11-18(21)19(22)16-7-9-20-17-6-4-3-5-15(16)17;1-5(2,3)4/h2-7,9,13-14,18-19,22H,1,8,10-12H2;(H2,1,2,3,4). The lowest BCUT2D eigenvalue weighted by molar-refractivity contribution is -0.0444. The van der Waals surface area contributed by atoms with Crippen molar-refractivity contribution >= 4 is 21.3 Å². The van der Waals surface area contributed by atoms with Crippen molar-refractivity contribution < 1.29 is 22.6 Å². The van der Waals surface area contributed by atoms with Crippen LogP contribution in [0.5, 0.6) is 0 Å². The predicted molar refractivity (Wildman–Crippen MR) is 103 cm³/mol. The molecule has 5 atom stereocenters. The van der Waals surface area contributed by atoms with E-state index in [0.29, 0.717) is 11.8 Å². The first-order valence-electron chi connectivity index (χ1n) is 8.86. The number of fused-ring (bicyclic) bond motifs is 4. The maximum absolute atomic E-state index is 11.0. The zero-order valence-electron chi connectivity index (χ0n) is 14.8. The second-order valence-corrected chi connectivity index (χ2v) is 7.95. The second-order valence-electron chi connectivity index (χ2n) is 7.06. The minimum atomic E-state index is -4.67. The number of aliphatic hydroxyl groups excluding tert-OH is 1. The molecule has 1 aromatic heterocycles. The van der Waals surface area contributed by atoms with E-state index in [0.717, 1.165) is 36.0 Å². The van der Waals surface area contributed by atoms with Crippen LogP contribution in [0.2, 0.25) is 0 Å². The van der Waals surface area contributed by atoms with Crippen molar-refractivity contribution in [2.24, 2.45) is 11.8 Å². The topological polar surface area (TPSA) is 111 Å². The molecule has 4 heterocycles. The number of hydrogen-bond acceptors (Lipinski definition) is 5. The molecule has 8 heteroatoms. The Morgan fingerprint density at radius 2 is 1.96 bits per heavy atom. The van der Waals surface area contributed by atoms with Crippen molar-refractivity contribution in [3.8, 4) is 0 Å². The van der Waals surface area contributed by atoms with Crippen molar-refractivity contribution in [3.63, 3.8) is 0 Å². The summed E-state index contributed by atoms with van der Waals surface area (Å²) in [6.07, 6.45) is 5.76. The molecule has 3 N–H and O–H groups in total. The van der Waals surface area contributed by atoms with Gasteiger partial charge in [-0.2, -0.15) is 8.42 Å². The monoisotopic (exact) mass is 392 g/mol. The molecule has 3 saturated heterocycles. The Balaban J connectivity index is 0.000000376. The lowest BCUT2D eigenvalue weighted by Gasteiger charge is -2.50. The molecule has 2 bridgehead atoms. The number of nitrogens with zero attached hydrogens (tertiary/aromatic N) is 2. The molecule has 7 nitrogen and oxygen atoms in total. The Hall–Kier alpha value is -1.84.